The van der Waals surface area contributed by atoms with Gasteiger partial charge in [0, 0.05) is 37.1 Å². The van der Waals surface area contributed by atoms with E-state index < -0.39 is 90.7 Å². The van der Waals surface area contributed by atoms with Crippen LogP contribution in [0.3, 0.4) is 0 Å². The lowest BCUT2D eigenvalue weighted by molar-refractivity contribution is -0.347. The summed E-state index contributed by atoms with van der Waals surface area (Å²) in [6, 6.07) is 0. The number of nitrogen functional groups attached to an aromatic ring is 1. The fraction of sp³-hybridized carbons (Fsp3) is 0.623. The SMILES string of the molecule is CC/C=C\C/C=C\C/C=C\C/C=C\C/C=C\C/C=C\CCCCCCCCCC[C@@H](O)CC(=O)SCCNC(=O)CCNC(=O)[C@H](O)C(C)(C)COP(=O)([O-])OP(=O)([O-])OC[C@H]1O[C@@H](n2cnc3c(N)ncnc32)[C@H](O)[C@@H]1OP(=O)([O-])[O-]. The molecule has 0 aromatic carbocycles. The average molecular weight is 1230 g/mol. The number of unbranched alkanes of at least 4 members (excludes halogenated alkanes) is 8. The Morgan fingerprint density at radius 3 is 1.95 bits per heavy atom. The van der Waals surface area contributed by atoms with E-state index >= 15 is 0 Å². The first kappa shape index (κ1) is 72.2. The molecule has 0 saturated carbocycles. The second-order valence-electron chi connectivity index (χ2n) is 19.9. The Kier molecular flexibility index (Phi) is 34.2. The van der Waals surface area contributed by atoms with Crippen LogP contribution in [0, 0.1) is 5.41 Å². The van der Waals surface area contributed by atoms with Gasteiger partial charge < -0.3 is 74.1 Å². The van der Waals surface area contributed by atoms with Crippen LogP contribution in [0.4, 0.5) is 5.82 Å². The van der Waals surface area contributed by atoms with E-state index in [0.717, 1.165) is 99.6 Å². The Balaban J connectivity index is 1.19. The van der Waals surface area contributed by atoms with Crippen molar-refractivity contribution in [3.63, 3.8) is 0 Å². The summed E-state index contributed by atoms with van der Waals surface area (Å²) in [5.74, 6) is -1.35. The molecule has 0 bridgehead atoms. The van der Waals surface area contributed by atoms with Crippen molar-refractivity contribution in [1.29, 1.82) is 0 Å². The van der Waals surface area contributed by atoms with Crippen LogP contribution < -0.4 is 35.9 Å². The number of aromatic nitrogens is 4. The van der Waals surface area contributed by atoms with Gasteiger partial charge in [0.15, 0.2) is 22.8 Å². The van der Waals surface area contributed by atoms with Crippen LogP contribution in [0.2, 0.25) is 0 Å². The first-order valence-corrected chi connectivity index (χ1v) is 32.9. The molecular formula is C53H82N7O18P3S-4. The van der Waals surface area contributed by atoms with Crippen LogP contribution in [0.1, 0.15) is 143 Å². The molecule has 0 spiro atoms. The number of rotatable bonds is 43. The van der Waals surface area contributed by atoms with Gasteiger partial charge in [-0.3, -0.25) is 28.1 Å². The molecule has 82 heavy (non-hydrogen) atoms. The zero-order valence-electron chi connectivity index (χ0n) is 46.9. The van der Waals surface area contributed by atoms with Crippen molar-refractivity contribution in [2.45, 2.75) is 173 Å². The van der Waals surface area contributed by atoms with E-state index in [1.807, 2.05) is 0 Å². The summed E-state index contributed by atoms with van der Waals surface area (Å²) in [5.41, 5.74) is 4.06. The lowest BCUT2D eigenvalue weighted by Crippen LogP contribution is -2.46. The van der Waals surface area contributed by atoms with Gasteiger partial charge in [0.05, 0.1) is 33.5 Å². The van der Waals surface area contributed by atoms with Gasteiger partial charge in [0.2, 0.25) is 11.8 Å². The molecule has 1 aliphatic heterocycles. The molecule has 7 N–H and O–H groups in total. The van der Waals surface area contributed by atoms with Crippen molar-refractivity contribution in [2.75, 3.05) is 37.8 Å². The molecule has 1 fully saturated rings. The predicted molar refractivity (Wildman–Crippen MR) is 303 cm³/mol. The van der Waals surface area contributed by atoms with Crippen LogP contribution in [0.15, 0.2) is 85.6 Å². The summed E-state index contributed by atoms with van der Waals surface area (Å²) in [6.45, 7) is 2.12. The van der Waals surface area contributed by atoms with E-state index in [2.05, 4.69) is 123 Å². The maximum atomic E-state index is 12.7. The Labute approximate surface area is 484 Å². The Hall–Kier alpha value is -4.04. The highest BCUT2D eigenvalue weighted by Crippen LogP contribution is 2.56. The number of imidazole rings is 1. The first-order valence-electron chi connectivity index (χ1n) is 27.5. The summed E-state index contributed by atoms with van der Waals surface area (Å²) < 4.78 is 61.0. The molecule has 3 heterocycles. The van der Waals surface area contributed by atoms with E-state index in [-0.39, 0.29) is 53.8 Å². The molecule has 2 unspecified atom stereocenters. The number of phosphoric acid groups is 3. The van der Waals surface area contributed by atoms with Gasteiger partial charge in [-0.1, -0.05) is 150 Å². The lowest BCUT2D eigenvalue weighted by Gasteiger charge is -2.36. The van der Waals surface area contributed by atoms with Crippen molar-refractivity contribution >= 4 is 69.1 Å². The topological polar surface area (TPSA) is 395 Å². The predicted octanol–water partition coefficient (Wildman–Crippen LogP) is 5.49. The number of nitrogens with two attached hydrogens (primary N) is 1. The summed E-state index contributed by atoms with van der Waals surface area (Å²) in [5, 5.41) is 36.6. The van der Waals surface area contributed by atoms with Crippen LogP contribution in [0.5, 0.6) is 0 Å². The van der Waals surface area contributed by atoms with E-state index in [1.54, 1.807) is 0 Å². The van der Waals surface area contributed by atoms with E-state index in [4.69, 9.17) is 10.5 Å². The van der Waals surface area contributed by atoms with Crippen LogP contribution in [0.25, 0.3) is 11.2 Å². The number of anilines is 1. The largest absolute Gasteiger partial charge is 0.790 e. The number of nitrogens with one attached hydrogen (secondary N) is 2. The minimum atomic E-state index is -5.94. The van der Waals surface area contributed by atoms with E-state index in [9.17, 15) is 63.0 Å². The number of hydrogen-bond acceptors (Lipinski definition) is 23. The molecule has 2 aromatic rings. The molecule has 2 amide bonds. The van der Waals surface area contributed by atoms with Crippen molar-refractivity contribution in [3.8, 4) is 0 Å². The molecule has 462 valence electrons. The number of aliphatic hydroxyl groups is 3. The van der Waals surface area contributed by atoms with Gasteiger partial charge in [-0.2, -0.15) is 0 Å². The van der Waals surface area contributed by atoms with Crippen LogP contribution in [-0.4, -0.2) is 114 Å². The minimum Gasteiger partial charge on any atom is -0.790 e. The molecule has 2 aromatic heterocycles. The molecule has 29 heteroatoms. The molecule has 0 aliphatic carbocycles. The highest BCUT2D eigenvalue weighted by molar-refractivity contribution is 8.13. The number of amides is 2. The van der Waals surface area contributed by atoms with Crippen molar-refractivity contribution < 1.29 is 85.6 Å². The number of fused-ring (bicyclic) bond motifs is 1. The average Bonchev–Trinajstić information content (AvgIpc) is 4.16. The summed E-state index contributed by atoms with van der Waals surface area (Å²) in [6.07, 6.45) is 34.5. The third-order valence-corrected chi connectivity index (χ3v) is 16.3. The zero-order valence-corrected chi connectivity index (χ0v) is 50.4. The summed E-state index contributed by atoms with van der Waals surface area (Å²) in [7, 11) is -17.7. The molecule has 8 atom stereocenters. The number of ether oxygens (including phenoxy) is 1. The number of carbonyl (C=O) groups excluding carboxylic acids is 3. The van der Waals surface area contributed by atoms with E-state index in [1.165, 1.54) is 39.5 Å². The molecule has 25 nitrogen and oxygen atoms in total. The summed E-state index contributed by atoms with van der Waals surface area (Å²) >= 11 is 0.984. The number of aliphatic hydroxyl groups excluding tert-OH is 3. The normalized spacial score (nSPS) is 19.6. The maximum Gasteiger partial charge on any atom is 0.274 e. The van der Waals surface area contributed by atoms with Gasteiger partial charge in [-0.15, -0.1) is 0 Å². The van der Waals surface area contributed by atoms with Crippen molar-refractivity contribution in [2.24, 2.45) is 5.41 Å². The zero-order chi connectivity index (χ0) is 60.4. The number of thioether (sulfide) groups is 1. The number of nitrogens with zero attached hydrogens (tertiary/aromatic N) is 4. The third kappa shape index (κ3) is 30.2. The van der Waals surface area contributed by atoms with Gasteiger partial charge >= 0.3 is 0 Å². The lowest BCUT2D eigenvalue weighted by atomic mass is 9.87. The second-order valence-corrected chi connectivity index (χ2v) is 25.1. The fourth-order valence-corrected chi connectivity index (χ4v) is 11.4. The smallest absolute Gasteiger partial charge is 0.274 e. The number of carbonyl (C=O) groups is 3. The van der Waals surface area contributed by atoms with Gasteiger partial charge in [-0.25, -0.2) is 19.3 Å². The van der Waals surface area contributed by atoms with Crippen molar-refractivity contribution in [3.05, 3.63) is 85.6 Å². The van der Waals surface area contributed by atoms with E-state index in [0.29, 0.717) is 6.42 Å². The summed E-state index contributed by atoms with van der Waals surface area (Å²) in [4.78, 5) is 97.3. The molecule has 3 rings (SSSR count). The van der Waals surface area contributed by atoms with Gasteiger partial charge in [-0.05, 0) is 57.8 Å². The Morgan fingerprint density at radius 2 is 1.35 bits per heavy atom. The Bertz CT molecular complexity index is 2580. The molecule has 1 saturated heterocycles. The van der Waals surface area contributed by atoms with Crippen LogP contribution >= 0.6 is 35.2 Å². The van der Waals surface area contributed by atoms with Gasteiger partial charge in [0.1, 0.15) is 36.3 Å². The van der Waals surface area contributed by atoms with Crippen molar-refractivity contribution in [1.82, 2.24) is 30.2 Å². The van der Waals surface area contributed by atoms with Gasteiger partial charge in [0.25, 0.3) is 15.6 Å². The second kappa shape index (κ2) is 38.8. The number of phosphoric ester groups is 3. The highest BCUT2D eigenvalue weighted by Gasteiger charge is 2.47. The molecule has 0 radical (unpaired) electrons. The number of hydrogen-bond donors (Lipinski definition) is 6. The molecular weight excluding hydrogens is 1150 g/mol. The highest BCUT2D eigenvalue weighted by atomic mass is 32.2. The monoisotopic (exact) mass is 1230 g/mol. The standard InChI is InChI=1S/C53H86N7O18P3S/c1-4-5-6-7-8-9-10-11-12-13-14-15-16-17-18-19-20-21-22-23-24-25-26-27-28-29-30-31-41(61)36-44(63)82-35-34-55-43(62)32-33-56-51(66)48(65)53(2,3)38-75-81(72,73)78-80(70,71)74-37-42-47(77-79(67,68)69)46(64)52(76-42)60-40-59-45-49(54)57-39-58-50(45)60/h5-6,8-9,11-12,14-15,17-18,20-21,39-42,46-48,52,61,64-65H,4,7,10,13,16,19,22-38H2,1-3H3,(H,55,62)(H,56,66)(H,70,71)(H,72,73)(H2,54,57,58)(H2,67,68,69)/p-4/b6-5-,9-8-,12-11-,15-14-,18-17-,21-20-/t41-,42-,46-,47-,48+,52-/m1/s1. The fourth-order valence-electron chi connectivity index (χ4n) is 7.97. The first-order chi connectivity index (χ1) is 38.9. The maximum absolute atomic E-state index is 12.7. The quantitative estimate of drug-likeness (QED) is 0.0272. The Morgan fingerprint density at radius 1 is 0.793 bits per heavy atom. The third-order valence-electron chi connectivity index (χ3n) is 12.4. The minimum absolute atomic E-state index is 0.00174. The molecule has 1 aliphatic rings. The number of allylic oxidation sites excluding steroid dienone is 12. The van der Waals surface area contributed by atoms with Crippen LogP contribution in [-0.2, 0) is 50.7 Å².